The SMILES string of the molecule is O=C(O)c1cn(CC=CCl)cc1C(F)(F)F. The Balaban J connectivity index is 3.15. The Morgan fingerprint density at radius 2 is 2.12 bits per heavy atom. The molecule has 1 N–H and O–H groups in total. The van der Waals surface area contributed by atoms with Crippen molar-refractivity contribution in [3.05, 3.63) is 35.1 Å². The van der Waals surface area contributed by atoms with Gasteiger partial charge in [-0.2, -0.15) is 13.2 Å². The molecule has 1 rings (SSSR count). The van der Waals surface area contributed by atoms with E-state index in [1.807, 2.05) is 0 Å². The van der Waals surface area contributed by atoms with Crippen LogP contribution in [0.2, 0.25) is 0 Å². The van der Waals surface area contributed by atoms with Crippen molar-refractivity contribution in [3.63, 3.8) is 0 Å². The third-order valence-electron chi connectivity index (χ3n) is 1.82. The Kier molecular flexibility index (Phi) is 3.64. The van der Waals surface area contributed by atoms with Crippen LogP contribution in [0.3, 0.4) is 0 Å². The molecule has 0 aliphatic carbocycles. The van der Waals surface area contributed by atoms with Crippen LogP contribution in [0.5, 0.6) is 0 Å². The number of rotatable bonds is 3. The van der Waals surface area contributed by atoms with Crippen LogP contribution < -0.4 is 0 Å². The lowest BCUT2D eigenvalue weighted by Gasteiger charge is -2.04. The monoisotopic (exact) mass is 253 g/mol. The molecule has 16 heavy (non-hydrogen) atoms. The van der Waals surface area contributed by atoms with Crippen LogP contribution in [0.25, 0.3) is 0 Å². The normalized spacial score (nSPS) is 12.2. The second kappa shape index (κ2) is 4.61. The van der Waals surface area contributed by atoms with E-state index in [2.05, 4.69) is 0 Å². The molecule has 0 saturated carbocycles. The van der Waals surface area contributed by atoms with E-state index < -0.39 is 23.3 Å². The van der Waals surface area contributed by atoms with E-state index in [1.165, 1.54) is 6.08 Å². The molecule has 0 amide bonds. The minimum absolute atomic E-state index is 0.0832. The van der Waals surface area contributed by atoms with Gasteiger partial charge < -0.3 is 9.67 Å². The van der Waals surface area contributed by atoms with Crippen molar-refractivity contribution in [2.45, 2.75) is 12.7 Å². The molecule has 0 aliphatic heterocycles. The van der Waals surface area contributed by atoms with Crippen molar-refractivity contribution in [2.24, 2.45) is 0 Å². The number of alkyl halides is 3. The zero-order valence-electron chi connectivity index (χ0n) is 7.83. The number of hydrogen-bond donors (Lipinski definition) is 1. The highest BCUT2D eigenvalue weighted by Gasteiger charge is 2.36. The van der Waals surface area contributed by atoms with Crippen LogP contribution in [0.15, 0.2) is 24.0 Å². The number of aromatic carboxylic acids is 1. The highest BCUT2D eigenvalue weighted by atomic mass is 35.5. The molecule has 0 aliphatic rings. The van der Waals surface area contributed by atoms with Gasteiger partial charge >= 0.3 is 12.1 Å². The van der Waals surface area contributed by atoms with E-state index in [-0.39, 0.29) is 6.54 Å². The number of carboxylic acids is 1. The average Bonchev–Trinajstić information content (AvgIpc) is 2.58. The van der Waals surface area contributed by atoms with E-state index in [4.69, 9.17) is 16.7 Å². The lowest BCUT2D eigenvalue weighted by molar-refractivity contribution is -0.138. The van der Waals surface area contributed by atoms with E-state index in [0.717, 1.165) is 22.5 Å². The first kappa shape index (κ1) is 12.6. The molecule has 0 radical (unpaired) electrons. The van der Waals surface area contributed by atoms with Gasteiger partial charge in [-0.1, -0.05) is 17.7 Å². The summed E-state index contributed by atoms with van der Waals surface area (Å²) in [5.74, 6) is -1.61. The molecular weight excluding hydrogens is 247 g/mol. The van der Waals surface area contributed by atoms with Crippen molar-refractivity contribution < 1.29 is 23.1 Å². The third kappa shape index (κ3) is 2.79. The molecule has 0 atom stereocenters. The van der Waals surface area contributed by atoms with E-state index in [9.17, 15) is 18.0 Å². The zero-order chi connectivity index (χ0) is 12.3. The van der Waals surface area contributed by atoms with Crippen LogP contribution in [-0.2, 0) is 12.7 Å². The molecule has 7 heteroatoms. The summed E-state index contributed by atoms with van der Waals surface area (Å²) in [6.07, 6.45) is -1.63. The van der Waals surface area contributed by atoms with Gasteiger partial charge in [0.25, 0.3) is 0 Å². The quantitative estimate of drug-likeness (QED) is 0.900. The lowest BCUT2D eigenvalue weighted by Crippen LogP contribution is -2.09. The Morgan fingerprint density at radius 1 is 1.50 bits per heavy atom. The number of carboxylic acid groups (broad SMARTS) is 1. The summed E-state index contributed by atoms with van der Waals surface area (Å²) in [5.41, 5.74) is -0.785. The van der Waals surface area contributed by atoms with Gasteiger partial charge in [0.05, 0.1) is 11.1 Å². The minimum Gasteiger partial charge on any atom is -0.478 e. The fourth-order valence-corrected chi connectivity index (χ4v) is 1.25. The maximum atomic E-state index is 12.4. The lowest BCUT2D eigenvalue weighted by atomic mass is 10.2. The zero-order valence-corrected chi connectivity index (χ0v) is 8.59. The number of halogens is 4. The van der Waals surface area contributed by atoms with Crippen LogP contribution in [0.4, 0.5) is 13.2 Å². The third-order valence-corrected chi connectivity index (χ3v) is 2.00. The van der Waals surface area contributed by atoms with Crippen molar-refractivity contribution in [1.82, 2.24) is 4.57 Å². The molecule has 0 bridgehead atoms. The van der Waals surface area contributed by atoms with E-state index >= 15 is 0 Å². The molecule has 0 fully saturated rings. The predicted molar refractivity (Wildman–Crippen MR) is 51.4 cm³/mol. The Morgan fingerprint density at radius 3 is 2.50 bits per heavy atom. The van der Waals surface area contributed by atoms with Crippen LogP contribution in [0, 0.1) is 0 Å². The van der Waals surface area contributed by atoms with Crippen molar-refractivity contribution >= 4 is 17.6 Å². The fraction of sp³-hybridized carbons (Fsp3) is 0.222. The Labute approximate surface area is 93.7 Å². The van der Waals surface area contributed by atoms with Gasteiger partial charge in [-0.15, -0.1) is 0 Å². The summed E-state index contributed by atoms with van der Waals surface area (Å²) >= 11 is 5.22. The molecule has 0 unspecified atom stereocenters. The van der Waals surface area contributed by atoms with Gasteiger partial charge in [0.2, 0.25) is 0 Å². The van der Waals surface area contributed by atoms with Gasteiger partial charge in [-0.25, -0.2) is 4.79 Å². The van der Waals surface area contributed by atoms with Gasteiger partial charge in [0.1, 0.15) is 0 Å². The molecule has 88 valence electrons. The molecule has 3 nitrogen and oxygen atoms in total. The van der Waals surface area contributed by atoms with E-state index in [0.29, 0.717) is 0 Å². The van der Waals surface area contributed by atoms with Crippen LogP contribution >= 0.6 is 11.6 Å². The maximum Gasteiger partial charge on any atom is 0.418 e. The van der Waals surface area contributed by atoms with Gasteiger partial charge in [0, 0.05) is 24.5 Å². The summed E-state index contributed by atoms with van der Waals surface area (Å²) in [4.78, 5) is 10.6. The van der Waals surface area contributed by atoms with E-state index in [1.54, 1.807) is 0 Å². The highest BCUT2D eigenvalue weighted by Crippen LogP contribution is 2.32. The van der Waals surface area contributed by atoms with Crippen LogP contribution in [0.1, 0.15) is 15.9 Å². The first-order valence-electron chi connectivity index (χ1n) is 4.11. The number of carbonyl (C=O) groups is 1. The topological polar surface area (TPSA) is 42.2 Å². The second-order valence-electron chi connectivity index (χ2n) is 2.95. The maximum absolute atomic E-state index is 12.4. The van der Waals surface area contributed by atoms with Crippen molar-refractivity contribution in [2.75, 3.05) is 0 Å². The molecule has 0 aromatic carbocycles. The van der Waals surface area contributed by atoms with Crippen LogP contribution in [-0.4, -0.2) is 15.6 Å². The molecular formula is C9H7ClF3NO2. The average molecular weight is 254 g/mol. The largest absolute Gasteiger partial charge is 0.478 e. The molecule has 0 spiro atoms. The Bertz CT molecular complexity index is 423. The standard InChI is InChI=1S/C9H7ClF3NO2/c10-2-1-3-14-4-6(8(15)16)7(5-14)9(11,12)13/h1-2,4-5H,3H2,(H,15,16). The van der Waals surface area contributed by atoms with Gasteiger partial charge in [-0.05, 0) is 0 Å². The summed E-state index contributed by atoms with van der Waals surface area (Å²) in [6, 6.07) is 0. The van der Waals surface area contributed by atoms with Gasteiger partial charge in [0.15, 0.2) is 0 Å². The number of allylic oxidation sites excluding steroid dienone is 1. The van der Waals surface area contributed by atoms with Crippen molar-refractivity contribution in [1.29, 1.82) is 0 Å². The first-order valence-corrected chi connectivity index (χ1v) is 4.55. The fourth-order valence-electron chi connectivity index (χ4n) is 1.17. The smallest absolute Gasteiger partial charge is 0.418 e. The molecule has 1 aromatic rings. The second-order valence-corrected chi connectivity index (χ2v) is 3.20. The number of hydrogen-bond acceptors (Lipinski definition) is 1. The summed E-state index contributed by atoms with van der Waals surface area (Å²) in [5, 5.41) is 8.61. The molecule has 1 heterocycles. The summed E-state index contributed by atoms with van der Waals surface area (Å²) < 4.78 is 38.4. The Hall–Kier alpha value is -1.43. The first-order chi connectivity index (χ1) is 7.36. The summed E-state index contributed by atoms with van der Waals surface area (Å²) in [7, 11) is 0. The van der Waals surface area contributed by atoms with Crippen molar-refractivity contribution in [3.8, 4) is 0 Å². The predicted octanol–water partition coefficient (Wildman–Crippen LogP) is 2.96. The number of aromatic nitrogens is 1. The molecule has 1 aromatic heterocycles. The molecule has 0 saturated heterocycles. The number of nitrogens with zero attached hydrogens (tertiary/aromatic N) is 1. The highest BCUT2D eigenvalue weighted by molar-refractivity contribution is 6.25. The summed E-state index contributed by atoms with van der Waals surface area (Å²) in [6.45, 7) is 0.0832. The minimum atomic E-state index is -4.68. The van der Waals surface area contributed by atoms with Gasteiger partial charge in [-0.3, -0.25) is 0 Å².